The number of Topliss-reactive ketones (excluding diaryl/α,β-unsaturated/α-hetero) is 1. The summed E-state index contributed by atoms with van der Waals surface area (Å²) in [5.41, 5.74) is 7.21. The highest BCUT2D eigenvalue weighted by atomic mass is 16.3. The summed E-state index contributed by atoms with van der Waals surface area (Å²) >= 11 is 0. The number of rotatable bonds is 3. The van der Waals surface area contributed by atoms with Gasteiger partial charge in [0.15, 0.2) is 5.78 Å². The van der Waals surface area contributed by atoms with Crippen molar-refractivity contribution in [1.29, 1.82) is 0 Å². The van der Waals surface area contributed by atoms with Crippen LogP contribution in [-0.4, -0.2) is 16.0 Å². The standard InChI is InChI=1S/C14H13NO3/c15-10-3-1-9(2-4-10)7-13(17)12-6-5-11(16)8-14(12)18/h1-6,8,16,18H,7,15H2. The SMILES string of the molecule is Nc1ccc(CC(=O)c2ccc(O)cc2O)cc1. The number of benzene rings is 2. The fourth-order valence-electron chi connectivity index (χ4n) is 1.67. The zero-order chi connectivity index (χ0) is 13.1. The number of aromatic hydroxyl groups is 2. The Balaban J connectivity index is 2.19. The number of nitrogen functional groups attached to an aromatic ring is 1. The van der Waals surface area contributed by atoms with Crippen LogP contribution in [-0.2, 0) is 6.42 Å². The maximum Gasteiger partial charge on any atom is 0.170 e. The largest absolute Gasteiger partial charge is 0.508 e. The Morgan fingerprint density at radius 2 is 1.72 bits per heavy atom. The lowest BCUT2D eigenvalue weighted by atomic mass is 10.0. The summed E-state index contributed by atoms with van der Waals surface area (Å²) in [6.07, 6.45) is 0.179. The quantitative estimate of drug-likeness (QED) is 0.569. The van der Waals surface area contributed by atoms with Gasteiger partial charge < -0.3 is 15.9 Å². The Bertz CT molecular complexity index is 576. The monoisotopic (exact) mass is 243 g/mol. The van der Waals surface area contributed by atoms with Gasteiger partial charge in [0.25, 0.3) is 0 Å². The van der Waals surface area contributed by atoms with Gasteiger partial charge >= 0.3 is 0 Å². The minimum Gasteiger partial charge on any atom is -0.508 e. The molecule has 4 nitrogen and oxygen atoms in total. The van der Waals surface area contributed by atoms with E-state index in [0.29, 0.717) is 5.69 Å². The molecule has 18 heavy (non-hydrogen) atoms. The van der Waals surface area contributed by atoms with E-state index >= 15 is 0 Å². The molecule has 0 spiro atoms. The minimum atomic E-state index is -0.213. The zero-order valence-electron chi connectivity index (χ0n) is 9.63. The fourth-order valence-corrected chi connectivity index (χ4v) is 1.67. The molecule has 0 atom stereocenters. The van der Waals surface area contributed by atoms with E-state index in [1.807, 2.05) is 0 Å². The van der Waals surface area contributed by atoms with Crippen LogP contribution in [0.25, 0.3) is 0 Å². The normalized spacial score (nSPS) is 10.2. The van der Waals surface area contributed by atoms with Crippen molar-refractivity contribution in [2.45, 2.75) is 6.42 Å². The molecule has 0 radical (unpaired) electrons. The average Bonchev–Trinajstić information content (AvgIpc) is 2.32. The van der Waals surface area contributed by atoms with Crippen LogP contribution in [0.15, 0.2) is 42.5 Å². The third-order valence-corrected chi connectivity index (χ3v) is 2.63. The van der Waals surface area contributed by atoms with Gasteiger partial charge in [-0.3, -0.25) is 4.79 Å². The number of carbonyl (C=O) groups excluding carboxylic acids is 1. The molecule has 0 aliphatic heterocycles. The molecule has 0 saturated heterocycles. The molecule has 2 aromatic carbocycles. The molecule has 0 bridgehead atoms. The van der Waals surface area contributed by atoms with E-state index in [-0.39, 0.29) is 29.3 Å². The van der Waals surface area contributed by atoms with Gasteiger partial charge in [0, 0.05) is 18.2 Å². The summed E-state index contributed by atoms with van der Waals surface area (Å²) in [6, 6.07) is 10.9. The number of anilines is 1. The van der Waals surface area contributed by atoms with Crippen LogP contribution in [0.1, 0.15) is 15.9 Å². The highest BCUT2D eigenvalue weighted by Gasteiger charge is 2.12. The van der Waals surface area contributed by atoms with Crippen molar-refractivity contribution >= 4 is 11.5 Å². The van der Waals surface area contributed by atoms with Crippen LogP contribution in [0.5, 0.6) is 11.5 Å². The van der Waals surface area contributed by atoms with E-state index in [1.165, 1.54) is 12.1 Å². The average molecular weight is 243 g/mol. The lowest BCUT2D eigenvalue weighted by Crippen LogP contribution is -2.03. The summed E-state index contributed by atoms with van der Waals surface area (Å²) in [4.78, 5) is 12.0. The van der Waals surface area contributed by atoms with Gasteiger partial charge in [0.1, 0.15) is 11.5 Å². The molecule has 2 rings (SSSR count). The summed E-state index contributed by atoms with van der Waals surface area (Å²) in [6.45, 7) is 0. The summed E-state index contributed by atoms with van der Waals surface area (Å²) in [7, 11) is 0. The van der Waals surface area contributed by atoms with E-state index in [9.17, 15) is 9.90 Å². The third-order valence-electron chi connectivity index (χ3n) is 2.63. The highest BCUT2D eigenvalue weighted by Crippen LogP contribution is 2.24. The van der Waals surface area contributed by atoms with Gasteiger partial charge in [-0.1, -0.05) is 12.1 Å². The predicted octanol–water partition coefficient (Wildman–Crippen LogP) is 2.11. The molecule has 2 aromatic rings. The number of carbonyl (C=O) groups is 1. The van der Waals surface area contributed by atoms with Gasteiger partial charge in [-0.2, -0.15) is 0 Å². The second-order valence-corrected chi connectivity index (χ2v) is 4.04. The number of hydrogen-bond donors (Lipinski definition) is 3. The third kappa shape index (κ3) is 2.60. The summed E-state index contributed by atoms with van der Waals surface area (Å²) in [5, 5.41) is 18.7. The van der Waals surface area contributed by atoms with Crippen molar-refractivity contribution in [3.8, 4) is 11.5 Å². The Labute approximate surface area is 104 Å². The second-order valence-electron chi connectivity index (χ2n) is 4.04. The molecule has 0 aliphatic carbocycles. The number of hydrogen-bond acceptors (Lipinski definition) is 4. The van der Waals surface area contributed by atoms with Crippen LogP contribution < -0.4 is 5.73 Å². The minimum absolute atomic E-state index is 0.0727. The molecule has 0 unspecified atom stereocenters. The predicted molar refractivity (Wildman–Crippen MR) is 68.7 cm³/mol. The summed E-state index contributed by atoms with van der Waals surface area (Å²) in [5.74, 6) is -0.496. The molecular formula is C14H13NO3. The van der Waals surface area contributed by atoms with Gasteiger partial charge in [0.2, 0.25) is 0 Å². The van der Waals surface area contributed by atoms with E-state index in [2.05, 4.69) is 0 Å². The summed E-state index contributed by atoms with van der Waals surface area (Å²) < 4.78 is 0. The van der Waals surface area contributed by atoms with Crippen molar-refractivity contribution in [2.75, 3.05) is 5.73 Å². The maximum absolute atomic E-state index is 12.0. The lowest BCUT2D eigenvalue weighted by Gasteiger charge is -2.05. The molecule has 0 aromatic heterocycles. The molecule has 0 heterocycles. The zero-order valence-corrected chi connectivity index (χ0v) is 9.63. The fraction of sp³-hybridized carbons (Fsp3) is 0.0714. The Hall–Kier alpha value is -2.49. The molecule has 0 amide bonds. The molecule has 4 N–H and O–H groups in total. The lowest BCUT2D eigenvalue weighted by molar-refractivity contribution is 0.0990. The number of phenols is 2. The molecule has 0 fully saturated rings. The second kappa shape index (κ2) is 4.79. The first-order valence-electron chi connectivity index (χ1n) is 5.46. The number of nitrogens with two attached hydrogens (primary N) is 1. The molecular weight excluding hydrogens is 230 g/mol. The van der Waals surface area contributed by atoms with E-state index in [4.69, 9.17) is 10.8 Å². The van der Waals surface area contributed by atoms with Gasteiger partial charge in [-0.05, 0) is 29.8 Å². The van der Waals surface area contributed by atoms with E-state index in [0.717, 1.165) is 11.6 Å². The molecule has 0 aliphatic rings. The van der Waals surface area contributed by atoms with Gasteiger partial charge in [0.05, 0.1) is 5.56 Å². The van der Waals surface area contributed by atoms with Crippen molar-refractivity contribution in [3.05, 3.63) is 53.6 Å². The van der Waals surface area contributed by atoms with Gasteiger partial charge in [-0.15, -0.1) is 0 Å². The smallest absolute Gasteiger partial charge is 0.170 e. The van der Waals surface area contributed by atoms with Crippen LogP contribution in [0, 0.1) is 0 Å². The van der Waals surface area contributed by atoms with E-state index < -0.39 is 0 Å². The molecule has 0 saturated carbocycles. The topological polar surface area (TPSA) is 83.6 Å². The molecule has 4 heteroatoms. The van der Waals surface area contributed by atoms with Crippen molar-refractivity contribution in [1.82, 2.24) is 0 Å². The maximum atomic E-state index is 12.0. The van der Waals surface area contributed by atoms with Crippen molar-refractivity contribution in [2.24, 2.45) is 0 Å². The van der Waals surface area contributed by atoms with Gasteiger partial charge in [-0.25, -0.2) is 0 Å². The highest BCUT2D eigenvalue weighted by molar-refractivity contribution is 6.00. The Kier molecular flexibility index (Phi) is 3.19. The number of ketones is 1. The first-order valence-corrected chi connectivity index (χ1v) is 5.46. The number of phenolic OH excluding ortho intramolecular Hbond substituents is 2. The van der Waals surface area contributed by atoms with Crippen LogP contribution in [0.4, 0.5) is 5.69 Å². The van der Waals surface area contributed by atoms with Crippen LogP contribution in [0.3, 0.4) is 0 Å². The Morgan fingerprint density at radius 3 is 2.33 bits per heavy atom. The molecule has 92 valence electrons. The van der Waals surface area contributed by atoms with Crippen LogP contribution >= 0.6 is 0 Å². The first-order chi connectivity index (χ1) is 8.56. The first kappa shape index (κ1) is 12.0. The van der Waals surface area contributed by atoms with Crippen LogP contribution in [0.2, 0.25) is 0 Å². The van der Waals surface area contributed by atoms with E-state index in [1.54, 1.807) is 24.3 Å². The van der Waals surface area contributed by atoms with Crippen molar-refractivity contribution < 1.29 is 15.0 Å². The van der Waals surface area contributed by atoms with Crippen molar-refractivity contribution in [3.63, 3.8) is 0 Å². The Morgan fingerprint density at radius 1 is 1.06 bits per heavy atom.